The maximum atomic E-state index is 13.2. The van der Waals surface area contributed by atoms with Crippen molar-refractivity contribution >= 4 is 21.4 Å². The largest absolute Gasteiger partial charge is 0.312 e. The summed E-state index contributed by atoms with van der Waals surface area (Å²) in [6.07, 6.45) is 5.35. The maximum absolute atomic E-state index is 13.2. The fourth-order valence-corrected chi connectivity index (χ4v) is 4.03. The molecule has 1 N–H and O–H groups in total. The van der Waals surface area contributed by atoms with Crippen molar-refractivity contribution in [3.63, 3.8) is 0 Å². The summed E-state index contributed by atoms with van der Waals surface area (Å²) in [5.74, 6) is -0.148. The van der Waals surface area contributed by atoms with Gasteiger partial charge >= 0.3 is 0 Å². The van der Waals surface area contributed by atoms with Crippen LogP contribution >= 0.6 is 11.3 Å². The van der Waals surface area contributed by atoms with Gasteiger partial charge in [0.15, 0.2) is 0 Å². The van der Waals surface area contributed by atoms with E-state index < -0.39 is 0 Å². The second-order valence-electron chi connectivity index (χ2n) is 5.83. The summed E-state index contributed by atoms with van der Waals surface area (Å²) in [4.78, 5) is 3.86. The molecule has 4 heteroatoms. The number of hydrogen-bond donors (Lipinski definition) is 1. The van der Waals surface area contributed by atoms with Crippen molar-refractivity contribution in [2.45, 2.75) is 32.2 Å². The monoisotopic (exact) mass is 306 g/mol. The van der Waals surface area contributed by atoms with Crippen LogP contribution in [0.2, 0.25) is 0 Å². The molecule has 0 atom stereocenters. The second-order valence-corrected chi connectivity index (χ2v) is 7.00. The molecule has 1 fully saturated rings. The summed E-state index contributed by atoms with van der Waals surface area (Å²) in [5.41, 5.74) is 0. The van der Waals surface area contributed by atoms with Gasteiger partial charge in [0.05, 0.1) is 0 Å². The summed E-state index contributed by atoms with van der Waals surface area (Å²) in [6, 6.07) is 7.18. The van der Waals surface area contributed by atoms with Crippen LogP contribution in [0.5, 0.6) is 0 Å². The fraction of sp³-hybridized carbons (Fsp3) is 0.529. The average molecular weight is 306 g/mol. The lowest BCUT2D eigenvalue weighted by Crippen LogP contribution is -2.32. The number of halogens is 1. The first-order chi connectivity index (χ1) is 10.3. The highest BCUT2D eigenvalue weighted by Crippen LogP contribution is 2.26. The van der Waals surface area contributed by atoms with Crippen molar-refractivity contribution < 1.29 is 4.39 Å². The second kappa shape index (κ2) is 7.34. The van der Waals surface area contributed by atoms with E-state index >= 15 is 0 Å². The molecule has 0 radical (unpaired) electrons. The SMILES string of the molecule is Fc1ccc2cc(CNCCCN3CCCCC3)sc2c1. The fourth-order valence-electron chi connectivity index (χ4n) is 2.97. The number of rotatable bonds is 6. The Morgan fingerprint density at radius 3 is 2.86 bits per heavy atom. The summed E-state index contributed by atoms with van der Waals surface area (Å²) < 4.78 is 14.2. The molecule has 2 heterocycles. The number of nitrogens with one attached hydrogen (secondary N) is 1. The van der Waals surface area contributed by atoms with Gasteiger partial charge in [0.25, 0.3) is 0 Å². The van der Waals surface area contributed by atoms with Gasteiger partial charge in [0, 0.05) is 16.1 Å². The Balaban J connectivity index is 1.40. The summed E-state index contributed by atoms with van der Waals surface area (Å²) >= 11 is 1.68. The van der Waals surface area contributed by atoms with E-state index in [0.29, 0.717) is 0 Å². The van der Waals surface area contributed by atoms with Gasteiger partial charge in [0.2, 0.25) is 0 Å². The van der Waals surface area contributed by atoms with Crippen LogP contribution in [0.15, 0.2) is 24.3 Å². The van der Waals surface area contributed by atoms with Crippen molar-refractivity contribution in [3.05, 3.63) is 35.0 Å². The minimum Gasteiger partial charge on any atom is -0.312 e. The Hall–Kier alpha value is -0.970. The molecule has 0 aliphatic carbocycles. The first-order valence-electron chi connectivity index (χ1n) is 7.92. The van der Waals surface area contributed by atoms with Crippen molar-refractivity contribution in [1.29, 1.82) is 0 Å². The molecular formula is C17H23FN2S. The van der Waals surface area contributed by atoms with E-state index in [2.05, 4.69) is 16.3 Å². The van der Waals surface area contributed by atoms with Gasteiger partial charge in [-0.25, -0.2) is 4.39 Å². The quantitative estimate of drug-likeness (QED) is 0.811. The summed E-state index contributed by atoms with van der Waals surface area (Å²) in [7, 11) is 0. The lowest BCUT2D eigenvalue weighted by molar-refractivity contribution is 0.226. The molecule has 1 aliphatic heterocycles. The van der Waals surface area contributed by atoms with Crippen LogP contribution in [0, 0.1) is 5.82 Å². The predicted molar refractivity (Wildman–Crippen MR) is 88.4 cm³/mol. The van der Waals surface area contributed by atoms with Crippen molar-refractivity contribution in [3.8, 4) is 0 Å². The maximum Gasteiger partial charge on any atom is 0.124 e. The molecule has 1 saturated heterocycles. The van der Waals surface area contributed by atoms with E-state index in [1.165, 1.54) is 56.3 Å². The van der Waals surface area contributed by atoms with E-state index in [1.54, 1.807) is 17.4 Å². The predicted octanol–water partition coefficient (Wildman–Crippen LogP) is 4.01. The first-order valence-corrected chi connectivity index (χ1v) is 8.74. The van der Waals surface area contributed by atoms with Gasteiger partial charge in [0.1, 0.15) is 5.82 Å². The third kappa shape index (κ3) is 4.25. The Kier molecular flexibility index (Phi) is 5.22. The van der Waals surface area contributed by atoms with Crippen LogP contribution in [0.3, 0.4) is 0 Å². The molecule has 0 unspecified atom stereocenters. The number of thiophene rings is 1. The zero-order valence-electron chi connectivity index (χ0n) is 12.4. The highest BCUT2D eigenvalue weighted by atomic mass is 32.1. The molecule has 0 saturated carbocycles. The molecule has 0 bridgehead atoms. The van der Waals surface area contributed by atoms with E-state index in [4.69, 9.17) is 0 Å². The van der Waals surface area contributed by atoms with Crippen LogP contribution in [0.4, 0.5) is 4.39 Å². The Morgan fingerprint density at radius 1 is 1.14 bits per heavy atom. The molecular weight excluding hydrogens is 283 g/mol. The van der Waals surface area contributed by atoms with E-state index in [9.17, 15) is 4.39 Å². The normalized spacial score (nSPS) is 16.6. The van der Waals surface area contributed by atoms with Gasteiger partial charge in [-0.05, 0) is 69.0 Å². The molecule has 0 spiro atoms. The Labute approximate surface area is 130 Å². The van der Waals surface area contributed by atoms with E-state index in [-0.39, 0.29) is 5.82 Å². The topological polar surface area (TPSA) is 15.3 Å². The number of fused-ring (bicyclic) bond motifs is 1. The van der Waals surface area contributed by atoms with E-state index in [0.717, 1.165) is 23.2 Å². The van der Waals surface area contributed by atoms with Gasteiger partial charge in [-0.2, -0.15) is 0 Å². The van der Waals surface area contributed by atoms with Crippen molar-refractivity contribution in [1.82, 2.24) is 10.2 Å². The number of nitrogens with zero attached hydrogens (tertiary/aromatic N) is 1. The van der Waals surface area contributed by atoms with Crippen LogP contribution in [-0.4, -0.2) is 31.1 Å². The molecule has 21 heavy (non-hydrogen) atoms. The molecule has 114 valence electrons. The number of benzene rings is 1. The average Bonchev–Trinajstić information content (AvgIpc) is 2.90. The van der Waals surface area contributed by atoms with Crippen molar-refractivity contribution in [2.75, 3.05) is 26.2 Å². The molecule has 1 aromatic carbocycles. The van der Waals surface area contributed by atoms with Gasteiger partial charge in [-0.1, -0.05) is 12.5 Å². The van der Waals surface area contributed by atoms with Gasteiger partial charge in [-0.15, -0.1) is 11.3 Å². The lowest BCUT2D eigenvalue weighted by Gasteiger charge is -2.26. The first kappa shape index (κ1) is 14.9. The third-order valence-electron chi connectivity index (χ3n) is 4.11. The van der Waals surface area contributed by atoms with Gasteiger partial charge in [-0.3, -0.25) is 0 Å². The zero-order valence-corrected chi connectivity index (χ0v) is 13.2. The molecule has 1 aliphatic rings. The number of hydrogen-bond acceptors (Lipinski definition) is 3. The molecule has 0 amide bonds. The zero-order chi connectivity index (χ0) is 14.5. The molecule has 3 rings (SSSR count). The number of likely N-dealkylation sites (tertiary alicyclic amines) is 1. The summed E-state index contributed by atoms with van der Waals surface area (Å²) in [6.45, 7) is 5.72. The van der Waals surface area contributed by atoms with Gasteiger partial charge < -0.3 is 10.2 Å². The standard InChI is InChI=1S/C17H23FN2S/c18-15-6-5-14-11-16(21-17(14)12-15)13-19-7-4-10-20-8-2-1-3-9-20/h5-6,11-12,19H,1-4,7-10,13H2. The highest BCUT2D eigenvalue weighted by molar-refractivity contribution is 7.19. The van der Waals surface area contributed by atoms with Crippen LogP contribution < -0.4 is 5.32 Å². The highest BCUT2D eigenvalue weighted by Gasteiger charge is 2.08. The van der Waals surface area contributed by atoms with Crippen molar-refractivity contribution in [2.24, 2.45) is 0 Å². The van der Waals surface area contributed by atoms with Crippen LogP contribution in [0.25, 0.3) is 10.1 Å². The lowest BCUT2D eigenvalue weighted by atomic mass is 10.1. The third-order valence-corrected chi connectivity index (χ3v) is 5.21. The molecule has 2 nitrogen and oxygen atoms in total. The molecule has 1 aromatic heterocycles. The van der Waals surface area contributed by atoms with Crippen LogP contribution in [-0.2, 0) is 6.54 Å². The Bertz CT molecular complexity index is 575. The summed E-state index contributed by atoms with van der Waals surface area (Å²) in [5, 5.41) is 4.65. The Morgan fingerprint density at radius 2 is 2.00 bits per heavy atom. The van der Waals surface area contributed by atoms with Crippen LogP contribution in [0.1, 0.15) is 30.6 Å². The smallest absolute Gasteiger partial charge is 0.124 e. The molecule has 2 aromatic rings. The number of piperidine rings is 1. The minimum atomic E-state index is -0.148. The van der Waals surface area contributed by atoms with E-state index in [1.807, 2.05) is 6.07 Å². The minimum absolute atomic E-state index is 0.148.